The van der Waals surface area contributed by atoms with Gasteiger partial charge in [0.1, 0.15) is 5.82 Å². The summed E-state index contributed by atoms with van der Waals surface area (Å²) in [6.45, 7) is 1.86. The Morgan fingerprint density at radius 1 is 1.15 bits per heavy atom. The van der Waals surface area contributed by atoms with Crippen LogP contribution in [0.1, 0.15) is 5.56 Å². The first kappa shape index (κ1) is 16.2. The van der Waals surface area contributed by atoms with Crippen LogP contribution < -0.4 is 5.73 Å². The summed E-state index contributed by atoms with van der Waals surface area (Å²) in [7, 11) is 0. The Morgan fingerprint density at radius 3 is 2.69 bits per heavy atom. The quantitative estimate of drug-likeness (QED) is 0.591. The highest BCUT2D eigenvalue weighted by Crippen LogP contribution is 2.29. The van der Waals surface area contributed by atoms with Gasteiger partial charge in [-0.05, 0) is 48.9 Å². The molecule has 2 N–H and O–H groups in total. The highest BCUT2D eigenvalue weighted by molar-refractivity contribution is 6.31. The molecule has 0 aliphatic heterocycles. The zero-order chi connectivity index (χ0) is 18.3. The number of hydrogen-bond acceptors (Lipinski definition) is 6. The predicted octanol–water partition coefficient (Wildman–Crippen LogP) is 3.67. The molecule has 2 heterocycles. The van der Waals surface area contributed by atoms with E-state index in [1.54, 1.807) is 24.3 Å². The van der Waals surface area contributed by atoms with Crippen molar-refractivity contribution >= 4 is 17.4 Å². The van der Waals surface area contributed by atoms with Crippen molar-refractivity contribution in [1.29, 1.82) is 0 Å². The Bertz CT molecular complexity index is 1090. The number of hydrogen-bond donors (Lipinski definition) is 1. The molecule has 2 aromatic carbocycles. The third-order valence-corrected chi connectivity index (χ3v) is 4.31. The minimum atomic E-state index is -0.346. The first-order valence-electron chi connectivity index (χ1n) is 7.61. The summed E-state index contributed by atoms with van der Waals surface area (Å²) >= 11 is 6.15. The molecule has 9 heteroatoms. The monoisotopic (exact) mass is 370 g/mol. The van der Waals surface area contributed by atoms with Crippen LogP contribution in [0.3, 0.4) is 0 Å². The maximum absolute atomic E-state index is 13.0. The summed E-state index contributed by atoms with van der Waals surface area (Å²) in [6, 6.07) is 11.1. The first-order valence-corrected chi connectivity index (χ1v) is 7.99. The van der Waals surface area contributed by atoms with Crippen molar-refractivity contribution in [2.24, 2.45) is 0 Å². The minimum absolute atomic E-state index is 0.118. The zero-order valence-electron chi connectivity index (χ0n) is 13.5. The summed E-state index contributed by atoms with van der Waals surface area (Å²) < 4.78 is 19.7. The molecule has 0 spiro atoms. The Kier molecular flexibility index (Phi) is 3.89. The molecule has 0 unspecified atom stereocenters. The summed E-state index contributed by atoms with van der Waals surface area (Å²) in [6.07, 6.45) is 0. The largest absolute Gasteiger partial charge is 0.382 e. The number of aromatic nitrogens is 5. The van der Waals surface area contributed by atoms with Crippen molar-refractivity contribution in [3.05, 3.63) is 58.9 Å². The number of nitrogens with zero attached hydrogens (tertiary/aromatic N) is 5. The van der Waals surface area contributed by atoms with Crippen LogP contribution in [0.5, 0.6) is 0 Å². The average Bonchev–Trinajstić information content (AvgIpc) is 3.25. The van der Waals surface area contributed by atoms with Gasteiger partial charge in [-0.25, -0.2) is 4.39 Å². The summed E-state index contributed by atoms with van der Waals surface area (Å²) in [4.78, 5) is 4.27. The van der Waals surface area contributed by atoms with Gasteiger partial charge in [-0.15, -0.1) is 5.10 Å². The minimum Gasteiger partial charge on any atom is -0.382 e. The fraction of sp³-hybridized carbons (Fsp3) is 0.0588. The predicted molar refractivity (Wildman–Crippen MR) is 94.2 cm³/mol. The van der Waals surface area contributed by atoms with E-state index in [4.69, 9.17) is 21.9 Å². The van der Waals surface area contributed by atoms with Gasteiger partial charge in [0.2, 0.25) is 5.82 Å². The van der Waals surface area contributed by atoms with Crippen molar-refractivity contribution in [2.75, 3.05) is 5.73 Å². The van der Waals surface area contributed by atoms with Crippen molar-refractivity contribution in [3.63, 3.8) is 0 Å². The van der Waals surface area contributed by atoms with E-state index < -0.39 is 0 Å². The molecular formula is C17H12ClFN6O. The van der Waals surface area contributed by atoms with E-state index in [0.29, 0.717) is 22.1 Å². The lowest BCUT2D eigenvalue weighted by Gasteiger charge is -2.07. The fourth-order valence-electron chi connectivity index (χ4n) is 2.48. The maximum Gasteiger partial charge on any atom is 0.282 e. The standard InChI is InChI=1S/C17H12ClFN6O/c1-9-12(18)3-2-4-13(9)25-15(20)14(22-24-25)17-21-16(23-26-17)10-5-7-11(19)8-6-10/h2-8H,20H2,1H3. The molecule has 4 rings (SSSR count). The molecule has 0 saturated carbocycles. The van der Waals surface area contributed by atoms with Crippen LogP contribution in [-0.2, 0) is 0 Å². The van der Waals surface area contributed by atoms with E-state index >= 15 is 0 Å². The molecular weight excluding hydrogens is 359 g/mol. The van der Waals surface area contributed by atoms with E-state index in [0.717, 1.165) is 5.56 Å². The molecule has 0 amide bonds. The van der Waals surface area contributed by atoms with Gasteiger partial charge in [-0.2, -0.15) is 9.67 Å². The van der Waals surface area contributed by atoms with Crippen LogP contribution in [-0.4, -0.2) is 25.1 Å². The molecule has 26 heavy (non-hydrogen) atoms. The van der Waals surface area contributed by atoms with Crippen LogP contribution in [0.4, 0.5) is 10.2 Å². The molecule has 0 atom stereocenters. The lowest BCUT2D eigenvalue weighted by atomic mass is 10.2. The van der Waals surface area contributed by atoms with Gasteiger partial charge in [0.05, 0.1) is 5.69 Å². The molecule has 0 aliphatic rings. The molecule has 0 saturated heterocycles. The second kappa shape index (κ2) is 6.23. The maximum atomic E-state index is 13.0. The van der Waals surface area contributed by atoms with Gasteiger partial charge >= 0.3 is 0 Å². The SMILES string of the molecule is Cc1c(Cl)cccc1-n1nnc(-c2nc(-c3ccc(F)cc3)no2)c1N. The Labute approximate surface area is 152 Å². The highest BCUT2D eigenvalue weighted by atomic mass is 35.5. The molecule has 2 aromatic heterocycles. The molecule has 0 aliphatic carbocycles. The van der Waals surface area contributed by atoms with Crippen LogP contribution in [0.15, 0.2) is 47.0 Å². The van der Waals surface area contributed by atoms with Gasteiger partial charge in [0.25, 0.3) is 5.89 Å². The van der Waals surface area contributed by atoms with Crippen molar-refractivity contribution in [3.8, 4) is 28.7 Å². The van der Waals surface area contributed by atoms with E-state index in [2.05, 4.69) is 20.5 Å². The zero-order valence-corrected chi connectivity index (χ0v) is 14.3. The molecule has 0 fully saturated rings. The summed E-state index contributed by atoms with van der Waals surface area (Å²) in [5, 5.41) is 12.6. The third-order valence-electron chi connectivity index (χ3n) is 3.90. The van der Waals surface area contributed by atoms with Crippen molar-refractivity contribution in [2.45, 2.75) is 6.92 Å². The molecule has 130 valence electrons. The topological polar surface area (TPSA) is 95.6 Å². The number of halogens is 2. The van der Waals surface area contributed by atoms with Gasteiger partial charge < -0.3 is 10.3 Å². The fourth-order valence-corrected chi connectivity index (χ4v) is 2.65. The number of nitrogens with two attached hydrogens (primary N) is 1. The molecule has 4 aromatic rings. The summed E-state index contributed by atoms with van der Waals surface area (Å²) in [5.41, 5.74) is 8.55. The van der Waals surface area contributed by atoms with Crippen LogP contribution in [0.25, 0.3) is 28.7 Å². The van der Waals surface area contributed by atoms with Gasteiger partial charge in [0, 0.05) is 10.6 Å². The van der Waals surface area contributed by atoms with Crippen LogP contribution >= 0.6 is 11.6 Å². The third kappa shape index (κ3) is 2.70. The molecule has 0 radical (unpaired) electrons. The lowest BCUT2D eigenvalue weighted by molar-refractivity contribution is 0.431. The van der Waals surface area contributed by atoms with Crippen molar-refractivity contribution in [1.82, 2.24) is 25.1 Å². The smallest absolute Gasteiger partial charge is 0.282 e. The van der Waals surface area contributed by atoms with Crippen LogP contribution in [0.2, 0.25) is 5.02 Å². The highest BCUT2D eigenvalue weighted by Gasteiger charge is 2.20. The summed E-state index contributed by atoms with van der Waals surface area (Å²) in [5.74, 6) is 0.312. The second-order valence-electron chi connectivity index (χ2n) is 5.55. The van der Waals surface area contributed by atoms with Gasteiger partial charge in [-0.1, -0.05) is 28.0 Å². The first-order chi connectivity index (χ1) is 12.5. The Balaban J connectivity index is 1.73. The van der Waals surface area contributed by atoms with E-state index in [-0.39, 0.29) is 23.2 Å². The van der Waals surface area contributed by atoms with E-state index in [1.807, 2.05) is 13.0 Å². The van der Waals surface area contributed by atoms with Gasteiger partial charge in [-0.3, -0.25) is 0 Å². The number of rotatable bonds is 3. The number of benzene rings is 2. The van der Waals surface area contributed by atoms with E-state index in [1.165, 1.54) is 16.8 Å². The van der Waals surface area contributed by atoms with Crippen LogP contribution in [0, 0.1) is 12.7 Å². The Morgan fingerprint density at radius 2 is 1.92 bits per heavy atom. The average molecular weight is 371 g/mol. The van der Waals surface area contributed by atoms with Gasteiger partial charge in [0.15, 0.2) is 11.5 Å². The lowest BCUT2D eigenvalue weighted by Crippen LogP contribution is -2.04. The molecule has 7 nitrogen and oxygen atoms in total. The number of nitrogen functional groups attached to an aromatic ring is 1. The number of anilines is 1. The molecule has 0 bridgehead atoms. The van der Waals surface area contributed by atoms with Crippen molar-refractivity contribution < 1.29 is 8.91 Å². The normalized spacial score (nSPS) is 11.0. The van der Waals surface area contributed by atoms with E-state index in [9.17, 15) is 4.39 Å². The second-order valence-corrected chi connectivity index (χ2v) is 5.96. The Hall–Kier alpha value is -3.26.